The second-order valence-electron chi connectivity index (χ2n) is 6.78. The fourth-order valence-corrected chi connectivity index (χ4v) is 2.17. The standard InChI is InChI=1S/C14H28O6/c1-8-12(20-14(5,6)19-8)11(17)10(16)9(15)7-18-13(2,3)4/h8-12,15-17H,7H2,1-6H3/t8?,9-,10-,11+,12+/m1/s1. The number of ether oxygens (including phenoxy) is 3. The van der Waals surface area contributed by atoms with Crippen molar-refractivity contribution in [1.29, 1.82) is 0 Å². The highest BCUT2D eigenvalue weighted by Gasteiger charge is 2.45. The molecule has 0 radical (unpaired) electrons. The van der Waals surface area contributed by atoms with Gasteiger partial charge in [0.25, 0.3) is 0 Å². The lowest BCUT2D eigenvalue weighted by Gasteiger charge is -2.30. The maximum Gasteiger partial charge on any atom is 0.163 e. The Kier molecular flexibility index (Phi) is 5.57. The Balaban J connectivity index is 2.56. The highest BCUT2D eigenvalue weighted by atomic mass is 16.8. The van der Waals surface area contributed by atoms with Gasteiger partial charge in [-0.1, -0.05) is 0 Å². The summed E-state index contributed by atoms with van der Waals surface area (Å²) in [6.45, 7) is 10.7. The third kappa shape index (κ3) is 4.95. The highest BCUT2D eigenvalue weighted by Crippen LogP contribution is 2.31. The summed E-state index contributed by atoms with van der Waals surface area (Å²) in [6.07, 6.45) is -4.86. The lowest BCUT2D eigenvalue weighted by Crippen LogP contribution is -2.49. The quantitative estimate of drug-likeness (QED) is 0.681. The first kappa shape index (κ1) is 17.8. The summed E-state index contributed by atoms with van der Waals surface area (Å²) in [5.41, 5.74) is -0.423. The van der Waals surface area contributed by atoms with Crippen LogP contribution in [0.3, 0.4) is 0 Å². The van der Waals surface area contributed by atoms with Crippen LogP contribution in [0.5, 0.6) is 0 Å². The van der Waals surface area contributed by atoms with E-state index in [0.717, 1.165) is 0 Å². The molecule has 1 heterocycles. The molecule has 1 aliphatic heterocycles. The topological polar surface area (TPSA) is 88.4 Å². The van der Waals surface area contributed by atoms with Crippen LogP contribution in [0.15, 0.2) is 0 Å². The molecule has 1 saturated heterocycles. The molecule has 0 amide bonds. The minimum absolute atomic E-state index is 0.0624. The van der Waals surface area contributed by atoms with Gasteiger partial charge < -0.3 is 29.5 Å². The van der Waals surface area contributed by atoms with Gasteiger partial charge in [0.1, 0.15) is 24.4 Å². The predicted molar refractivity (Wildman–Crippen MR) is 73.2 cm³/mol. The van der Waals surface area contributed by atoms with Crippen LogP contribution in [-0.2, 0) is 14.2 Å². The van der Waals surface area contributed by atoms with Crippen molar-refractivity contribution >= 4 is 0 Å². The number of hydrogen-bond donors (Lipinski definition) is 3. The minimum atomic E-state index is -1.36. The average Bonchev–Trinajstić information content (AvgIpc) is 2.56. The average molecular weight is 292 g/mol. The van der Waals surface area contributed by atoms with E-state index in [1.807, 2.05) is 20.8 Å². The van der Waals surface area contributed by atoms with Crippen molar-refractivity contribution in [2.45, 2.75) is 83.5 Å². The second-order valence-corrected chi connectivity index (χ2v) is 6.78. The molecule has 5 atom stereocenters. The first-order valence-electron chi connectivity index (χ1n) is 6.97. The van der Waals surface area contributed by atoms with E-state index < -0.39 is 35.8 Å². The minimum Gasteiger partial charge on any atom is -0.388 e. The number of aliphatic hydroxyl groups excluding tert-OH is 3. The van der Waals surface area contributed by atoms with Crippen molar-refractivity contribution in [3.63, 3.8) is 0 Å². The molecule has 1 rings (SSSR count). The van der Waals surface area contributed by atoms with Crippen molar-refractivity contribution in [2.75, 3.05) is 6.61 Å². The molecule has 20 heavy (non-hydrogen) atoms. The molecule has 6 nitrogen and oxygen atoms in total. The molecule has 0 aliphatic carbocycles. The monoisotopic (exact) mass is 292 g/mol. The summed E-state index contributed by atoms with van der Waals surface area (Å²) in [4.78, 5) is 0. The zero-order chi connectivity index (χ0) is 15.7. The number of rotatable bonds is 5. The summed E-state index contributed by atoms with van der Waals surface area (Å²) < 4.78 is 16.5. The van der Waals surface area contributed by atoms with Gasteiger partial charge in [0.15, 0.2) is 5.79 Å². The summed E-state index contributed by atoms with van der Waals surface area (Å²) in [6, 6.07) is 0. The van der Waals surface area contributed by atoms with Crippen molar-refractivity contribution in [3.05, 3.63) is 0 Å². The van der Waals surface area contributed by atoms with Gasteiger partial charge in [-0.05, 0) is 41.5 Å². The lowest BCUT2D eigenvalue weighted by molar-refractivity contribution is -0.175. The van der Waals surface area contributed by atoms with Gasteiger partial charge in [-0.3, -0.25) is 0 Å². The number of hydrogen-bond acceptors (Lipinski definition) is 6. The summed E-state index contributed by atoms with van der Waals surface area (Å²) in [5, 5.41) is 30.1. The Morgan fingerprint density at radius 1 is 1.15 bits per heavy atom. The van der Waals surface area contributed by atoms with E-state index in [1.54, 1.807) is 20.8 Å². The molecule has 1 unspecified atom stereocenters. The molecule has 0 aromatic carbocycles. The van der Waals surface area contributed by atoms with Gasteiger partial charge in [-0.15, -0.1) is 0 Å². The summed E-state index contributed by atoms with van der Waals surface area (Å²) in [7, 11) is 0. The summed E-state index contributed by atoms with van der Waals surface area (Å²) in [5.74, 6) is -0.808. The second kappa shape index (κ2) is 6.25. The summed E-state index contributed by atoms with van der Waals surface area (Å²) >= 11 is 0. The molecule has 120 valence electrons. The van der Waals surface area contributed by atoms with Gasteiger partial charge in [-0.25, -0.2) is 0 Å². The van der Waals surface area contributed by atoms with Crippen LogP contribution in [-0.4, -0.2) is 63.8 Å². The van der Waals surface area contributed by atoms with Crippen LogP contribution in [0.25, 0.3) is 0 Å². The Hall–Kier alpha value is -0.240. The maximum atomic E-state index is 10.1. The third-order valence-corrected chi connectivity index (χ3v) is 3.12. The lowest BCUT2D eigenvalue weighted by atomic mass is 10.00. The number of aliphatic hydroxyl groups is 3. The van der Waals surface area contributed by atoms with E-state index in [1.165, 1.54) is 0 Å². The van der Waals surface area contributed by atoms with E-state index in [4.69, 9.17) is 14.2 Å². The smallest absolute Gasteiger partial charge is 0.163 e. The fourth-order valence-electron chi connectivity index (χ4n) is 2.17. The van der Waals surface area contributed by atoms with Gasteiger partial charge in [0.05, 0.1) is 18.3 Å². The fraction of sp³-hybridized carbons (Fsp3) is 1.00. The van der Waals surface area contributed by atoms with Gasteiger partial charge in [-0.2, -0.15) is 0 Å². The molecule has 0 aromatic rings. The van der Waals surface area contributed by atoms with E-state index >= 15 is 0 Å². The largest absolute Gasteiger partial charge is 0.388 e. The highest BCUT2D eigenvalue weighted by molar-refractivity contribution is 4.90. The first-order chi connectivity index (χ1) is 8.93. The molecular weight excluding hydrogens is 264 g/mol. The maximum absolute atomic E-state index is 10.1. The van der Waals surface area contributed by atoms with Crippen LogP contribution in [0, 0.1) is 0 Å². The van der Waals surface area contributed by atoms with Crippen LogP contribution < -0.4 is 0 Å². The third-order valence-electron chi connectivity index (χ3n) is 3.12. The Morgan fingerprint density at radius 3 is 2.10 bits per heavy atom. The molecule has 0 bridgehead atoms. The van der Waals surface area contributed by atoms with Crippen LogP contribution in [0.4, 0.5) is 0 Å². The van der Waals surface area contributed by atoms with E-state index in [2.05, 4.69) is 0 Å². The van der Waals surface area contributed by atoms with Gasteiger partial charge in [0, 0.05) is 0 Å². The molecule has 0 saturated carbocycles. The molecule has 3 N–H and O–H groups in total. The molecule has 1 aliphatic rings. The molecule has 1 fully saturated rings. The molecule has 6 heteroatoms. The molecule has 0 spiro atoms. The van der Waals surface area contributed by atoms with Crippen molar-refractivity contribution in [3.8, 4) is 0 Å². The van der Waals surface area contributed by atoms with E-state index in [-0.39, 0.29) is 12.7 Å². The zero-order valence-corrected chi connectivity index (χ0v) is 13.2. The SMILES string of the molecule is CC1OC(C)(C)O[C@@H]1[C@@H](O)[C@H](O)[C@H](O)COC(C)(C)C. The van der Waals surface area contributed by atoms with Crippen LogP contribution in [0.1, 0.15) is 41.5 Å². The first-order valence-corrected chi connectivity index (χ1v) is 6.97. The van der Waals surface area contributed by atoms with Crippen molar-refractivity contribution in [2.24, 2.45) is 0 Å². The Bertz CT molecular complexity index is 311. The van der Waals surface area contributed by atoms with E-state index in [0.29, 0.717) is 0 Å². The molecule has 0 aromatic heterocycles. The predicted octanol–water partition coefficient (Wildman–Crippen LogP) is 0.424. The van der Waals surface area contributed by atoms with Gasteiger partial charge >= 0.3 is 0 Å². The Morgan fingerprint density at radius 2 is 1.70 bits per heavy atom. The van der Waals surface area contributed by atoms with Crippen LogP contribution in [0.2, 0.25) is 0 Å². The van der Waals surface area contributed by atoms with Crippen LogP contribution >= 0.6 is 0 Å². The van der Waals surface area contributed by atoms with Gasteiger partial charge in [0.2, 0.25) is 0 Å². The zero-order valence-electron chi connectivity index (χ0n) is 13.2. The molecular formula is C14H28O6. The van der Waals surface area contributed by atoms with Crippen molar-refractivity contribution < 1.29 is 29.5 Å². The van der Waals surface area contributed by atoms with E-state index in [9.17, 15) is 15.3 Å². The van der Waals surface area contributed by atoms with Crippen molar-refractivity contribution in [1.82, 2.24) is 0 Å². The normalized spacial score (nSPS) is 31.1. The Labute approximate surface area is 120 Å².